The Morgan fingerprint density at radius 1 is 1.22 bits per heavy atom. The Bertz CT molecular complexity index is 552. The van der Waals surface area contributed by atoms with Gasteiger partial charge in [-0.1, -0.05) is 11.8 Å². The van der Waals surface area contributed by atoms with Gasteiger partial charge in [0.25, 0.3) is 0 Å². The topological polar surface area (TPSA) is 56.0 Å². The van der Waals surface area contributed by atoms with Crippen LogP contribution in [-0.4, -0.2) is 10.8 Å². The first-order valence-electron chi connectivity index (χ1n) is 5.61. The van der Waals surface area contributed by atoms with Crippen molar-refractivity contribution in [2.45, 2.75) is 23.1 Å². The van der Waals surface area contributed by atoms with E-state index in [2.05, 4.69) is 4.98 Å². The van der Waals surface area contributed by atoms with Crippen molar-refractivity contribution in [2.75, 3.05) is 5.73 Å². The van der Waals surface area contributed by atoms with Crippen molar-refractivity contribution in [1.82, 2.24) is 4.98 Å². The summed E-state index contributed by atoms with van der Waals surface area (Å²) in [6, 6.07) is 11.6. The van der Waals surface area contributed by atoms with Crippen molar-refractivity contribution in [3.63, 3.8) is 0 Å². The zero-order valence-corrected chi connectivity index (χ0v) is 10.9. The number of pyridine rings is 1. The fourth-order valence-corrected chi connectivity index (χ4v) is 2.41. The molecule has 0 unspecified atom stereocenters. The monoisotopic (exact) mass is 258 g/mol. The van der Waals surface area contributed by atoms with Gasteiger partial charge in [-0.3, -0.25) is 9.78 Å². The Morgan fingerprint density at radius 3 is 2.61 bits per heavy atom. The number of ketones is 1. The van der Waals surface area contributed by atoms with Crippen LogP contribution in [-0.2, 0) is 11.2 Å². The number of nitrogens with zero attached hydrogens (tertiary/aromatic N) is 1. The molecule has 0 saturated heterocycles. The van der Waals surface area contributed by atoms with Crippen molar-refractivity contribution >= 4 is 23.2 Å². The number of rotatable bonds is 4. The molecule has 1 aromatic heterocycles. The second-order valence-corrected chi connectivity index (χ2v) is 5.18. The molecular formula is C14H14N2OS. The molecule has 1 heterocycles. The number of Topliss-reactive ketones (excluding diaryl/α,β-unsaturated/α-hetero) is 1. The molecule has 2 rings (SSSR count). The van der Waals surface area contributed by atoms with Crippen LogP contribution >= 0.6 is 11.8 Å². The summed E-state index contributed by atoms with van der Waals surface area (Å²) in [5, 5.41) is 0. The van der Waals surface area contributed by atoms with E-state index in [1.807, 2.05) is 36.4 Å². The Kier molecular flexibility index (Phi) is 3.99. The first kappa shape index (κ1) is 12.6. The van der Waals surface area contributed by atoms with E-state index in [1.54, 1.807) is 24.9 Å². The van der Waals surface area contributed by atoms with Crippen LogP contribution in [0.4, 0.5) is 5.69 Å². The second-order valence-electron chi connectivity index (χ2n) is 4.03. The Morgan fingerprint density at radius 2 is 1.94 bits per heavy atom. The first-order valence-corrected chi connectivity index (χ1v) is 6.43. The molecule has 2 N–H and O–H groups in total. The van der Waals surface area contributed by atoms with E-state index < -0.39 is 0 Å². The smallest absolute Gasteiger partial charge is 0.135 e. The van der Waals surface area contributed by atoms with E-state index in [0.717, 1.165) is 21.2 Å². The van der Waals surface area contributed by atoms with Crippen LogP contribution in [0.3, 0.4) is 0 Å². The molecule has 0 bridgehead atoms. The highest BCUT2D eigenvalue weighted by Crippen LogP contribution is 2.28. The molecule has 4 heteroatoms. The summed E-state index contributed by atoms with van der Waals surface area (Å²) in [6.45, 7) is 1.57. The number of carbonyl (C=O) groups excluding carboxylic acids is 1. The molecule has 0 aliphatic rings. The number of benzene rings is 1. The van der Waals surface area contributed by atoms with Gasteiger partial charge in [-0.2, -0.15) is 0 Å². The fourth-order valence-electron chi connectivity index (χ4n) is 1.54. The summed E-state index contributed by atoms with van der Waals surface area (Å²) in [4.78, 5) is 17.4. The standard InChI is InChI=1S/C14H14N2OS/c1-10(17)8-12-9-14(6-7-16-12)18-13-4-2-11(15)3-5-13/h2-7,9H,8,15H2,1H3. The maximum atomic E-state index is 11.1. The second kappa shape index (κ2) is 5.69. The number of hydrogen-bond acceptors (Lipinski definition) is 4. The lowest BCUT2D eigenvalue weighted by Gasteiger charge is -2.04. The molecule has 0 aliphatic heterocycles. The lowest BCUT2D eigenvalue weighted by Crippen LogP contribution is -1.98. The lowest BCUT2D eigenvalue weighted by molar-refractivity contribution is -0.116. The van der Waals surface area contributed by atoms with E-state index in [0.29, 0.717) is 6.42 Å². The van der Waals surface area contributed by atoms with E-state index in [4.69, 9.17) is 5.73 Å². The van der Waals surface area contributed by atoms with Gasteiger partial charge in [0.2, 0.25) is 0 Å². The van der Waals surface area contributed by atoms with Crippen molar-refractivity contribution in [3.05, 3.63) is 48.3 Å². The minimum Gasteiger partial charge on any atom is -0.399 e. The number of carbonyl (C=O) groups is 1. The Hall–Kier alpha value is -1.81. The highest BCUT2D eigenvalue weighted by atomic mass is 32.2. The summed E-state index contributed by atoms with van der Waals surface area (Å²) < 4.78 is 0. The summed E-state index contributed by atoms with van der Waals surface area (Å²) in [5.41, 5.74) is 7.21. The SMILES string of the molecule is CC(=O)Cc1cc(Sc2ccc(N)cc2)ccn1. The predicted molar refractivity (Wildman–Crippen MR) is 73.6 cm³/mol. The average Bonchev–Trinajstić information content (AvgIpc) is 2.32. The van der Waals surface area contributed by atoms with E-state index in [-0.39, 0.29) is 5.78 Å². The molecule has 92 valence electrons. The molecule has 0 fully saturated rings. The fraction of sp³-hybridized carbons (Fsp3) is 0.143. The normalized spacial score (nSPS) is 10.3. The molecular weight excluding hydrogens is 244 g/mol. The largest absolute Gasteiger partial charge is 0.399 e. The van der Waals surface area contributed by atoms with Gasteiger partial charge >= 0.3 is 0 Å². The third kappa shape index (κ3) is 3.60. The van der Waals surface area contributed by atoms with Crippen LogP contribution in [0.25, 0.3) is 0 Å². The van der Waals surface area contributed by atoms with Crippen LogP contribution in [0.15, 0.2) is 52.4 Å². The van der Waals surface area contributed by atoms with Gasteiger partial charge in [0.05, 0.1) is 0 Å². The van der Waals surface area contributed by atoms with Gasteiger partial charge in [-0.15, -0.1) is 0 Å². The quantitative estimate of drug-likeness (QED) is 0.857. The number of aromatic nitrogens is 1. The van der Waals surface area contributed by atoms with E-state index in [1.165, 1.54) is 0 Å². The van der Waals surface area contributed by atoms with Gasteiger partial charge in [-0.05, 0) is 43.3 Å². The highest BCUT2D eigenvalue weighted by molar-refractivity contribution is 7.99. The summed E-state index contributed by atoms with van der Waals surface area (Å²) in [7, 11) is 0. The van der Waals surface area contributed by atoms with Gasteiger partial charge < -0.3 is 5.73 Å². The molecule has 1 aromatic carbocycles. The number of hydrogen-bond donors (Lipinski definition) is 1. The molecule has 0 amide bonds. The van der Waals surface area contributed by atoms with Gasteiger partial charge in [0.1, 0.15) is 5.78 Å². The maximum Gasteiger partial charge on any atom is 0.135 e. The lowest BCUT2D eigenvalue weighted by atomic mass is 10.2. The molecule has 2 aromatic rings. The number of nitrogens with two attached hydrogens (primary N) is 1. The summed E-state index contributed by atoms with van der Waals surface area (Å²) >= 11 is 1.63. The average molecular weight is 258 g/mol. The highest BCUT2D eigenvalue weighted by Gasteiger charge is 2.02. The molecule has 0 saturated carbocycles. The zero-order chi connectivity index (χ0) is 13.0. The third-order valence-electron chi connectivity index (χ3n) is 2.33. The molecule has 18 heavy (non-hydrogen) atoms. The third-order valence-corrected chi connectivity index (χ3v) is 3.33. The molecule has 0 spiro atoms. The Labute approximate surface area is 110 Å². The molecule has 0 radical (unpaired) electrons. The van der Waals surface area contributed by atoms with Crippen LogP contribution in [0, 0.1) is 0 Å². The first-order chi connectivity index (χ1) is 8.63. The summed E-state index contributed by atoms with van der Waals surface area (Å²) in [6.07, 6.45) is 2.12. The maximum absolute atomic E-state index is 11.1. The van der Waals surface area contributed by atoms with Crippen LogP contribution in [0.5, 0.6) is 0 Å². The number of anilines is 1. The summed E-state index contributed by atoms with van der Waals surface area (Å²) in [5.74, 6) is 0.122. The van der Waals surface area contributed by atoms with E-state index in [9.17, 15) is 4.79 Å². The van der Waals surface area contributed by atoms with Crippen molar-refractivity contribution in [1.29, 1.82) is 0 Å². The minimum atomic E-state index is 0.122. The molecule has 0 aliphatic carbocycles. The minimum absolute atomic E-state index is 0.122. The van der Waals surface area contributed by atoms with Crippen molar-refractivity contribution in [3.8, 4) is 0 Å². The van der Waals surface area contributed by atoms with Crippen molar-refractivity contribution in [2.24, 2.45) is 0 Å². The Balaban J connectivity index is 2.13. The molecule has 3 nitrogen and oxygen atoms in total. The predicted octanol–water partition coefficient (Wildman–Crippen LogP) is 2.95. The van der Waals surface area contributed by atoms with Gasteiger partial charge in [0, 0.05) is 33.8 Å². The zero-order valence-electron chi connectivity index (χ0n) is 10.1. The van der Waals surface area contributed by atoms with E-state index >= 15 is 0 Å². The van der Waals surface area contributed by atoms with Crippen LogP contribution in [0.2, 0.25) is 0 Å². The van der Waals surface area contributed by atoms with Gasteiger partial charge in [0.15, 0.2) is 0 Å². The number of nitrogen functional groups attached to an aromatic ring is 1. The van der Waals surface area contributed by atoms with Gasteiger partial charge in [-0.25, -0.2) is 0 Å². The van der Waals surface area contributed by atoms with Crippen molar-refractivity contribution < 1.29 is 4.79 Å². The van der Waals surface area contributed by atoms with Crippen LogP contribution in [0.1, 0.15) is 12.6 Å². The molecule has 0 atom stereocenters. The van der Waals surface area contributed by atoms with Crippen LogP contribution < -0.4 is 5.73 Å².